The lowest BCUT2D eigenvalue weighted by Crippen LogP contribution is -2.22. The lowest BCUT2D eigenvalue weighted by molar-refractivity contribution is 0.0949. The van der Waals surface area contributed by atoms with Gasteiger partial charge in [-0.1, -0.05) is 47.5 Å². The van der Waals surface area contributed by atoms with Crippen LogP contribution in [0.1, 0.15) is 54.2 Å². The molecule has 0 fully saturated rings. The number of halogens is 2. The normalized spacial score (nSPS) is 14.5. The van der Waals surface area contributed by atoms with Crippen LogP contribution in [0, 0.1) is 0 Å². The van der Waals surface area contributed by atoms with E-state index in [1.165, 1.54) is 17.4 Å². The number of hydrogen-bond donors (Lipinski definition) is 3. The molecule has 0 unspecified atom stereocenters. The van der Waals surface area contributed by atoms with Crippen LogP contribution in [-0.2, 0) is 19.5 Å². The van der Waals surface area contributed by atoms with E-state index in [1.807, 2.05) is 0 Å². The van der Waals surface area contributed by atoms with Gasteiger partial charge in [-0.05, 0) is 18.6 Å². The van der Waals surface area contributed by atoms with Crippen molar-refractivity contribution in [1.29, 1.82) is 0 Å². The van der Waals surface area contributed by atoms with E-state index in [4.69, 9.17) is 23.2 Å². The Balaban J connectivity index is 1.24. The van der Waals surface area contributed by atoms with E-state index < -0.39 is 5.91 Å². The fourth-order valence-electron chi connectivity index (χ4n) is 4.70. The number of Topliss-reactive ketones (excluding diaryl/α,β-unsaturated/α-hetero) is 1. The van der Waals surface area contributed by atoms with Gasteiger partial charge in [0.1, 0.15) is 5.69 Å². The predicted molar refractivity (Wildman–Crippen MR) is 151 cm³/mol. The second-order valence-corrected chi connectivity index (χ2v) is 11.1. The molecule has 0 spiro atoms. The first-order chi connectivity index (χ1) is 18.9. The molecule has 0 bridgehead atoms. The lowest BCUT2D eigenvalue weighted by Gasteiger charge is -2.14. The third kappa shape index (κ3) is 4.96. The van der Waals surface area contributed by atoms with Crippen molar-refractivity contribution in [1.82, 2.24) is 20.1 Å². The number of carbonyl (C=O) groups excluding carboxylic acids is 3. The van der Waals surface area contributed by atoms with Gasteiger partial charge in [0, 0.05) is 54.5 Å². The van der Waals surface area contributed by atoms with E-state index in [1.54, 1.807) is 41.1 Å². The fourth-order valence-corrected chi connectivity index (χ4v) is 6.22. The Labute approximate surface area is 237 Å². The molecule has 198 valence electrons. The summed E-state index contributed by atoms with van der Waals surface area (Å²) in [4.78, 5) is 43.6. The molecule has 2 aliphatic rings. The molecule has 0 atom stereocenters. The first kappa shape index (κ1) is 25.7. The van der Waals surface area contributed by atoms with E-state index in [2.05, 4.69) is 26.0 Å². The fraction of sp³-hybridized carbons (Fsp3) is 0.222. The molecular formula is C27H22Cl2N6O3S. The van der Waals surface area contributed by atoms with Crippen molar-refractivity contribution in [3.63, 3.8) is 0 Å². The summed E-state index contributed by atoms with van der Waals surface area (Å²) in [7, 11) is 0. The van der Waals surface area contributed by atoms with Crippen LogP contribution in [0.5, 0.6) is 0 Å². The molecule has 0 radical (unpaired) electrons. The number of hydrogen-bond acceptors (Lipinski definition) is 7. The quantitative estimate of drug-likeness (QED) is 0.289. The Morgan fingerprint density at radius 2 is 1.67 bits per heavy atom. The maximum absolute atomic E-state index is 13.0. The van der Waals surface area contributed by atoms with Gasteiger partial charge in [-0.15, -0.1) is 11.3 Å². The number of anilines is 2. The Bertz CT molecular complexity index is 1620. The highest BCUT2D eigenvalue weighted by Gasteiger charge is 2.24. The first-order valence-electron chi connectivity index (χ1n) is 12.4. The molecule has 2 aromatic heterocycles. The van der Waals surface area contributed by atoms with Crippen molar-refractivity contribution in [2.24, 2.45) is 0 Å². The number of nitrogens with one attached hydrogen (secondary N) is 3. The molecular weight excluding hydrogens is 559 g/mol. The monoisotopic (exact) mass is 580 g/mol. The van der Waals surface area contributed by atoms with Gasteiger partial charge in [0.2, 0.25) is 0 Å². The van der Waals surface area contributed by atoms with Gasteiger partial charge in [-0.25, -0.2) is 4.98 Å². The highest BCUT2D eigenvalue weighted by molar-refractivity contribution is 7.13. The van der Waals surface area contributed by atoms with Gasteiger partial charge in [0.25, 0.3) is 11.8 Å². The van der Waals surface area contributed by atoms with Crippen LogP contribution in [0.3, 0.4) is 0 Å². The zero-order valence-corrected chi connectivity index (χ0v) is 22.8. The number of thiazole rings is 1. The van der Waals surface area contributed by atoms with Crippen molar-refractivity contribution < 1.29 is 14.4 Å². The molecule has 0 saturated carbocycles. The Morgan fingerprint density at radius 1 is 0.974 bits per heavy atom. The van der Waals surface area contributed by atoms with Crippen molar-refractivity contribution in [3.05, 3.63) is 79.5 Å². The second kappa shape index (κ2) is 10.5. The summed E-state index contributed by atoms with van der Waals surface area (Å²) in [6.07, 6.45) is 1.94. The smallest absolute Gasteiger partial charge is 0.284 e. The molecule has 12 heteroatoms. The highest BCUT2D eigenvalue weighted by atomic mass is 35.5. The zero-order chi connectivity index (χ0) is 27.1. The number of ketones is 1. The van der Waals surface area contributed by atoms with E-state index in [0.29, 0.717) is 64.2 Å². The predicted octanol–water partition coefficient (Wildman–Crippen LogP) is 5.44. The summed E-state index contributed by atoms with van der Waals surface area (Å²) < 4.78 is 1.57. The van der Waals surface area contributed by atoms with Crippen LogP contribution in [0.15, 0.2) is 42.5 Å². The number of aryl methyl sites for hydroxylation is 1. The minimum Gasteiger partial charge on any atom is -0.319 e. The SMILES string of the molecule is O=C(Nc1cccc(-c2cccc(NC(=O)c3nc4c(s3)CNCC4)c2Cl)c1Cl)c1cc2n(n1)CCCC2=O. The molecule has 39 heavy (non-hydrogen) atoms. The third-order valence-electron chi connectivity index (χ3n) is 6.65. The number of fused-ring (bicyclic) bond motifs is 2. The molecule has 2 amide bonds. The zero-order valence-electron chi connectivity index (χ0n) is 20.5. The van der Waals surface area contributed by atoms with Crippen molar-refractivity contribution in [3.8, 4) is 11.1 Å². The molecule has 2 aliphatic heterocycles. The highest BCUT2D eigenvalue weighted by Crippen LogP contribution is 2.40. The topological polar surface area (TPSA) is 118 Å². The van der Waals surface area contributed by atoms with Gasteiger partial charge in [0.15, 0.2) is 16.5 Å². The molecule has 2 aromatic carbocycles. The van der Waals surface area contributed by atoms with Gasteiger partial charge in [-0.2, -0.15) is 5.10 Å². The third-order valence-corrected chi connectivity index (χ3v) is 8.56. The van der Waals surface area contributed by atoms with Crippen LogP contribution >= 0.6 is 34.5 Å². The van der Waals surface area contributed by atoms with Crippen LogP contribution in [-0.4, -0.2) is 38.9 Å². The van der Waals surface area contributed by atoms with Crippen molar-refractivity contribution in [2.45, 2.75) is 32.4 Å². The molecule has 0 aliphatic carbocycles. The number of benzene rings is 2. The van der Waals surface area contributed by atoms with Gasteiger partial charge in [-0.3, -0.25) is 19.1 Å². The maximum Gasteiger partial charge on any atom is 0.284 e. The number of amides is 2. The molecule has 9 nitrogen and oxygen atoms in total. The van der Waals surface area contributed by atoms with Crippen LogP contribution in [0.25, 0.3) is 11.1 Å². The second-order valence-electron chi connectivity index (χ2n) is 9.22. The van der Waals surface area contributed by atoms with Gasteiger partial charge >= 0.3 is 0 Å². The maximum atomic E-state index is 13.0. The van der Waals surface area contributed by atoms with Crippen molar-refractivity contribution >= 4 is 63.5 Å². The largest absolute Gasteiger partial charge is 0.319 e. The molecule has 6 rings (SSSR count). The van der Waals surface area contributed by atoms with Gasteiger partial charge in [0.05, 0.1) is 27.1 Å². The number of nitrogens with zero attached hydrogens (tertiary/aromatic N) is 3. The van der Waals surface area contributed by atoms with E-state index in [0.717, 1.165) is 23.5 Å². The summed E-state index contributed by atoms with van der Waals surface area (Å²) in [5, 5.41) is 14.2. The van der Waals surface area contributed by atoms with E-state index in [9.17, 15) is 14.4 Å². The summed E-state index contributed by atoms with van der Waals surface area (Å²) >= 11 is 14.8. The van der Waals surface area contributed by atoms with E-state index in [-0.39, 0.29) is 22.4 Å². The summed E-state index contributed by atoms with van der Waals surface area (Å²) in [5.41, 5.74) is 3.48. The summed E-state index contributed by atoms with van der Waals surface area (Å²) in [6.45, 7) is 2.15. The van der Waals surface area contributed by atoms with Gasteiger partial charge < -0.3 is 16.0 Å². The Morgan fingerprint density at radius 3 is 2.33 bits per heavy atom. The molecule has 4 aromatic rings. The standard InChI is InChI=1S/C27H22Cl2N6O3S/c28-23-14(4-1-6-17(23)31-25(37)19-12-20-21(36)8-3-11-35(20)34-19)15-5-2-7-18(24(15)29)32-26(38)27-33-16-9-10-30-13-22(16)39-27/h1-2,4-7,12,30H,3,8-11,13H2,(H,31,37)(H,32,38). The Kier molecular flexibility index (Phi) is 6.94. The lowest BCUT2D eigenvalue weighted by atomic mass is 10.0. The minimum absolute atomic E-state index is 0.0269. The molecule has 4 heterocycles. The number of carbonyl (C=O) groups is 3. The molecule has 0 saturated heterocycles. The Hall–Kier alpha value is -3.57. The van der Waals surface area contributed by atoms with E-state index >= 15 is 0 Å². The number of aromatic nitrogens is 3. The molecule has 3 N–H and O–H groups in total. The van der Waals surface area contributed by atoms with Crippen LogP contribution in [0.2, 0.25) is 10.0 Å². The summed E-state index contributed by atoms with van der Waals surface area (Å²) in [5.74, 6) is -0.833. The average molecular weight is 581 g/mol. The van der Waals surface area contributed by atoms with Crippen LogP contribution in [0.4, 0.5) is 11.4 Å². The first-order valence-corrected chi connectivity index (χ1v) is 14.0. The number of rotatable bonds is 5. The summed E-state index contributed by atoms with van der Waals surface area (Å²) in [6, 6.07) is 12.0. The van der Waals surface area contributed by atoms with Crippen LogP contribution < -0.4 is 16.0 Å². The minimum atomic E-state index is -0.475. The average Bonchev–Trinajstić information content (AvgIpc) is 3.57. The van der Waals surface area contributed by atoms with Crippen molar-refractivity contribution in [2.75, 3.05) is 17.2 Å².